The van der Waals surface area contributed by atoms with Crippen LogP contribution in [0.4, 0.5) is 0 Å². The summed E-state index contributed by atoms with van der Waals surface area (Å²) in [6, 6.07) is 8.10. The fourth-order valence-electron chi connectivity index (χ4n) is 5.62. The molecule has 0 saturated carbocycles. The highest BCUT2D eigenvalue weighted by molar-refractivity contribution is 6.06. The van der Waals surface area contributed by atoms with E-state index in [1.165, 1.54) is 5.01 Å². The van der Waals surface area contributed by atoms with E-state index in [-0.39, 0.29) is 6.04 Å². The van der Waals surface area contributed by atoms with Crippen molar-refractivity contribution in [1.29, 1.82) is 0 Å². The fraction of sp³-hybridized carbons (Fsp3) is 0.414. The highest BCUT2D eigenvalue weighted by Gasteiger charge is 2.33. The van der Waals surface area contributed by atoms with Gasteiger partial charge in [-0.2, -0.15) is 0 Å². The van der Waals surface area contributed by atoms with Crippen LogP contribution in [0.25, 0.3) is 27.6 Å². The number of nitrogens with two attached hydrogens (primary N) is 2. The van der Waals surface area contributed by atoms with E-state index in [9.17, 15) is 5.11 Å². The van der Waals surface area contributed by atoms with E-state index in [1.807, 2.05) is 37.5 Å². The van der Waals surface area contributed by atoms with Gasteiger partial charge in [0.25, 0.3) is 0 Å². The van der Waals surface area contributed by atoms with E-state index in [0.29, 0.717) is 36.2 Å². The molecule has 0 amide bonds. The van der Waals surface area contributed by atoms with Crippen molar-refractivity contribution in [1.82, 2.24) is 24.5 Å². The summed E-state index contributed by atoms with van der Waals surface area (Å²) >= 11 is 0. The molecule has 9 heteroatoms. The zero-order chi connectivity index (χ0) is 27.2. The van der Waals surface area contributed by atoms with Gasteiger partial charge in [0, 0.05) is 55.5 Å². The van der Waals surface area contributed by atoms with Gasteiger partial charge in [-0.15, -0.1) is 0 Å². The summed E-state index contributed by atoms with van der Waals surface area (Å²) in [6.07, 6.45) is 7.28. The molecule has 1 unspecified atom stereocenters. The zero-order valence-corrected chi connectivity index (χ0v) is 22.8. The summed E-state index contributed by atoms with van der Waals surface area (Å²) in [4.78, 5) is 14.5. The molecule has 4 aromatic rings. The van der Waals surface area contributed by atoms with Crippen LogP contribution in [0.1, 0.15) is 62.2 Å². The molecule has 200 valence electrons. The van der Waals surface area contributed by atoms with Gasteiger partial charge in [-0.05, 0) is 70.2 Å². The lowest BCUT2D eigenvalue weighted by Crippen LogP contribution is -2.28. The van der Waals surface area contributed by atoms with Crippen LogP contribution in [0.2, 0.25) is 0 Å². The lowest BCUT2D eigenvalue weighted by Gasteiger charge is -2.33. The average molecular weight is 516 g/mol. The Balaban J connectivity index is 1.89. The van der Waals surface area contributed by atoms with E-state index in [4.69, 9.17) is 31.3 Å². The van der Waals surface area contributed by atoms with Crippen molar-refractivity contribution in [2.45, 2.75) is 52.2 Å². The van der Waals surface area contributed by atoms with Crippen LogP contribution in [0, 0.1) is 12.8 Å². The van der Waals surface area contributed by atoms with Gasteiger partial charge in [0.2, 0.25) is 0 Å². The summed E-state index contributed by atoms with van der Waals surface area (Å²) in [5, 5.41) is 13.3. The van der Waals surface area contributed by atoms with Crippen LogP contribution in [0.15, 0.2) is 48.6 Å². The van der Waals surface area contributed by atoms with Gasteiger partial charge in [0.05, 0.1) is 45.3 Å². The molecule has 0 aromatic carbocycles. The molecular weight excluding hydrogens is 478 g/mol. The highest BCUT2D eigenvalue weighted by Crippen LogP contribution is 2.41. The van der Waals surface area contributed by atoms with E-state index >= 15 is 0 Å². The molecule has 1 fully saturated rings. The topological polar surface area (TPSA) is 128 Å². The summed E-state index contributed by atoms with van der Waals surface area (Å²) in [6.45, 7) is 8.90. The quantitative estimate of drug-likeness (QED) is 0.260. The van der Waals surface area contributed by atoms with Gasteiger partial charge in [-0.3, -0.25) is 15.0 Å². The number of hydrazine groups is 1. The predicted molar refractivity (Wildman–Crippen MR) is 150 cm³/mol. The molecular formula is C29H37N7O2. The van der Waals surface area contributed by atoms with E-state index < -0.39 is 5.60 Å². The van der Waals surface area contributed by atoms with Crippen molar-refractivity contribution in [3.8, 4) is 0 Å². The summed E-state index contributed by atoms with van der Waals surface area (Å²) in [7, 11) is 1.76. The largest absolute Gasteiger partial charge is 0.400 e. The molecule has 0 radical (unpaired) electrons. The standard InChI is InChI=1S/C29H37N7O2/c1-17-7-6-10-32-25(17)28(19-8-11-38-12-9-19)36-23-14-22(27(18(2)30)35(5)31)33-16-21(23)26-24(36)13-20(15-34-26)29(3,4)37/h6-7,10,13-16,19,28,37H,8-9,11-12,30-31H2,1-5H3/b27-18-. The smallest absolute Gasteiger partial charge is 0.0975 e. The minimum Gasteiger partial charge on any atom is -0.400 e. The molecule has 0 aliphatic carbocycles. The molecule has 9 nitrogen and oxygen atoms in total. The second kappa shape index (κ2) is 9.98. The maximum atomic E-state index is 10.9. The molecule has 0 bridgehead atoms. The Bertz CT molecular complexity index is 1510. The maximum absolute atomic E-state index is 10.9. The van der Waals surface area contributed by atoms with Gasteiger partial charge in [-0.1, -0.05) is 6.07 Å². The number of hydrogen-bond acceptors (Lipinski definition) is 8. The third-order valence-electron chi connectivity index (χ3n) is 7.52. The SMILES string of the molecule is C/C(N)=C(\c1cc2c(cn1)c1ncc(C(C)(C)O)cc1n2C(c1ncccc1C)C1CCOCC1)N(C)N. The second-order valence-corrected chi connectivity index (χ2v) is 10.9. The Kier molecular flexibility index (Phi) is 6.85. The minimum absolute atomic E-state index is 0.0729. The van der Waals surface area contributed by atoms with Gasteiger partial charge in [0.15, 0.2) is 0 Å². The Labute approximate surface area is 223 Å². The number of rotatable bonds is 6. The molecule has 1 saturated heterocycles. The number of ether oxygens (including phenoxy) is 1. The van der Waals surface area contributed by atoms with Gasteiger partial charge in [-0.25, -0.2) is 5.84 Å². The van der Waals surface area contributed by atoms with E-state index in [0.717, 1.165) is 51.6 Å². The molecule has 5 rings (SSSR count). The van der Waals surface area contributed by atoms with Crippen LogP contribution >= 0.6 is 0 Å². The summed E-state index contributed by atoms with van der Waals surface area (Å²) in [5.74, 6) is 6.46. The number of aliphatic hydroxyl groups is 1. The van der Waals surface area contributed by atoms with Gasteiger partial charge in [0.1, 0.15) is 0 Å². The third-order valence-corrected chi connectivity index (χ3v) is 7.52. The van der Waals surface area contributed by atoms with E-state index in [1.54, 1.807) is 27.1 Å². The second-order valence-electron chi connectivity index (χ2n) is 10.9. The molecule has 38 heavy (non-hydrogen) atoms. The van der Waals surface area contributed by atoms with E-state index in [2.05, 4.69) is 17.6 Å². The minimum atomic E-state index is -1.05. The van der Waals surface area contributed by atoms with Crippen molar-refractivity contribution in [3.63, 3.8) is 0 Å². The molecule has 5 heterocycles. The number of allylic oxidation sites excluding steroid dienone is 1. The number of aromatic nitrogens is 4. The van der Waals surface area contributed by atoms with Crippen molar-refractivity contribution in [2.24, 2.45) is 17.5 Å². The lowest BCUT2D eigenvalue weighted by atomic mass is 9.87. The average Bonchev–Trinajstić information content (AvgIpc) is 3.18. The van der Waals surface area contributed by atoms with Crippen LogP contribution in [-0.2, 0) is 10.3 Å². The number of pyridine rings is 3. The zero-order valence-electron chi connectivity index (χ0n) is 22.8. The Morgan fingerprint density at radius 1 is 1.16 bits per heavy atom. The monoisotopic (exact) mass is 515 g/mol. The molecule has 1 aliphatic rings. The number of aryl methyl sites for hydroxylation is 1. The number of nitrogens with zero attached hydrogens (tertiary/aromatic N) is 5. The number of hydrogen-bond donors (Lipinski definition) is 3. The first kappa shape index (κ1) is 26.1. The maximum Gasteiger partial charge on any atom is 0.0975 e. The van der Waals surface area contributed by atoms with Crippen molar-refractivity contribution < 1.29 is 9.84 Å². The Hall–Kier alpha value is -3.53. The number of fused-ring (bicyclic) bond motifs is 3. The third kappa shape index (κ3) is 4.62. The van der Waals surface area contributed by atoms with Gasteiger partial charge < -0.3 is 25.2 Å². The molecule has 4 aromatic heterocycles. The summed E-state index contributed by atoms with van der Waals surface area (Å²) < 4.78 is 8.09. The first-order valence-electron chi connectivity index (χ1n) is 13.0. The van der Waals surface area contributed by atoms with Crippen molar-refractivity contribution in [3.05, 3.63) is 71.1 Å². The molecule has 1 aliphatic heterocycles. The molecule has 0 spiro atoms. The Morgan fingerprint density at radius 2 is 1.89 bits per heavy atom. The van der Waals surface area contributed by atoms with Crippen molar-refractivity contribution >= 4 is 27.6 Å². The highest BCUT2D eigenvalue weighted by atomic mass is 16.5. The van der Waals surface area contributed by atoms with Crippen LogP contribution < -0.4 is 11.6 Å². The normalized spacial score (nSPS) is 16.6. The fourth-order valence-corrected chi connectivity index (χ4v) is 5.62. The first-order valence-corrected chi connectivity index (χ1v) is 13.0. The summed E-state index contributed by atoms with van der Waals surface area (Å²) in [5.41, 5.74) is 12.7. The van der Waals surface area contributed by atoms with Gasteiger partial charge >= 0.3 is 0 Å². The molecule has 1 atom stereocenters. The van der Waals surface area contributed by atoms with Crippen LogP contribution in [0.3, 0.4) is 0 Å². The van der Waals surface area contributed by atoms with Crippen LogP contribution in [-0.4, -0.2) is 49.9 Å². The van der Waals surface area contributed by atoms with Crippen LogP contribution in [0.5, 0.6) is 0 Å². The molecule has 5 N–H and O–H groups in total. The lowest BCUT2D eigenvalue weighted by molar-refractivity contribution is 0.0546. The van der Waals surface area contributed by atoms with Crippen molar-refractivity contribution in [2.75, 3.05) is 20.3 Å². The first-order chi connectivity index (χ1) is 18.1. The predicted octanol–water partition coefficient (Wildman–Crippen LogP) is 3.98. The Morgan fingerprint density at radius 3 is 2.53 bits per heavy atom.